The molecule has 0 heterocycles. The molecule has 0 unspecified atom stereocenters. The van der Waals surface area contributed by atoms with E-state index in [1.54, 1.807) is 0 Å². The normalized spacial score (nSPS) is 11.5. The van der Waals surface area contributed by atoms with Crippen LogP contribution in [0.25, 0.3) is 0 Å². The quantitative estimate of drug-likeness (QED) is 0.453. The summed E-state index contributed by atoms with van der Waals surface area (Å²) in [5.41, 5.74) is 5.51. The average molecular weight is 351 g/mol. The standard InChI is InChI=1S/C20H24N2.Ni/c1-4-5-9-19(15-21-18-10-7-6-8-11-18)22-20-13-16(2)12-17(3)14-20;/h6-8,10-15H,4-5,9H2,1-3H3;. The minimum Gasteiger partial charge on any atom is -0.255 e. The summed E-state index contributed by atoms with van der Waals surface area (Å²) in [7, 11) is 0. The minimum atomic E-state index is 0. The summed E-state index contributed by atoms with van der Waals surface area (Å²) in [5, 5.41) is 0. The Bertz CT molecular complexity index is 640. The van der Waals surface area contributed by atoms with Gasteiger partial charge < -0.3 is 0 Å². The van der Waals surface area contributed by atoms with E-state index in [1.807, 2.05) is 36.5 Å². The summed E-state index contributed by atoms with van der Waals surface area (Å²) in [6, 6.07) is 16.4. The number of aliphatic imine (C=N–C) groups is 2. The largest absolute Gasteiger partial charge is 0.255 e. The van der Waals surface area contributed by atoms with Crippen molar-refractivity contribution in [3.8, 4) is 0 Å². The van der Waals surface area contributed by atoms with Gasteiger partial charge in [-0.1, -0.05) is 37.6 Å². The molecule has 2 aromatic rings. The van der Waals surface area contributed by atoms with Crippen LogP contribution in [-0.2, 0) is 16.5 Å². The molecule has 3 heteroatoms. The third-order valence-corrected chi connectivity index (χ3v) is 3.38. The van der Waals surface area contributed by atoms with Gasteiger partial charge in [0, 0.05) is 22.7 Å². The fourth-order valence-corrected chi connectivity index (χ4v) is 2.35. The second kappa shape index (κ2) is 10.1. The van der Waals surface area contributed by atoms with Gasteiger partial charge in [0.25, 0.3) is 0 Å². The fourth-order valence-electron chi connectivity index (χ4n) is 2.35. The SMILES string of the molecule is CCCCC(C=Nc1ccccc1)=Nc1cc(C)cc(C)c1.[Ni]. The zero-order chi connectivity index (χ0) is 15.8. The van der Waals surface area contributed by atoms with Gasteiger partial charge in [-0.2, -0.15) is 0 Å². The number of rotatable bonds is 6. The molecule has 0 atom stereocenters. The van der Waals surface area contributed by atoms with Crippen molar-refractivity contribution in [2.24, 2.45) is 9.98 Å². The Morgan fingerprint density at radius 1 is 0.957 bits per heavy atom. The first-order valence-electron chi connectivity index (χ1n) is 7.92. The van der Waals surface area contributed by atoms with Gasteiger partial charge in [-0.3, -0.25) is 9.98 Å². The summed E-state index contributed by atoms with van der Waals surface area (Å²) < 4.78 is 0. The molecule has 2 rings (SSSR count). The van der Waals surface area contributed by atoms with Crippen molar-refractivity contribution in [1.29, 1.82) is 0 Å². The van der Waals surface area contributed by atoms with Gasteiger partial charge in [0.2, 0.25) is 0 Å². The molecule has 0 fully saturated rings. The molecule has 0 aromatic heterocycles. The van der Waals surface area contributed by atoms with E-state index in [0.29, 0.717) is 0 Å². The van der Waals surface area contributed by atoms with Crippen molar-refractivity contribution in [3.63, 3.8) is 0 Å². The number of para-hydroxylation sites is 1. The maximum Gasteiger partial charge on any atom is 0.0638 e. The smallest absolute Gasteiger partial charge is 0.0638 e. The predicted octanol–water partition coefficient (Wildman–Crippen LogP) is 5.97. The van der Waals surface area contributed by atoms with E-state index in [2.05, 4.69) is 44.0 Å². The van der Waals surface area contributed by atoms with Crippen molar-refractivity contribution >= 4 is 23.3 Å². The topological polar surface area (TPSA) is 24.7 Å². The second-order valence-corrected chi connectivity index (χ2v) is 5.65. The Morgan fingerprint density at radius 3 is 2.22 bits per heavy atom. The zero-order valence-corrected chi connectivity index (χ0v) is 15.0. The number of hydrogen-bond donors (Lipinski definition) is 0. The number of nitrogens with zero attached hydrogens (tertiary/aromatic N) is 2. The number of unbranched alkanes of at least 4 members (excludes halogenated alkanes) is 1. The average Bonchev–Trinajstić information content (AvgIpc) is 2.50. The first-order chi connectivity index (χ1) is 10.7. The predicted molar refractivity (Wildman–Crippen MR) is 97.1 cm³/mol. The Balaban J connectivity index is 0.00000264. The fraction of sp³-hybridized carbons (Fsp3) is 0.300. The van der Waals surface area contributed by atoms with Crippen LogP contribution >= 0.6 is 0 Å². The van der Waals surface area contributed by atoms with Crippen LogP contribution in [0.1, 0.15) is 37.3 Å². The van der Waals surface area contributed by atoms with E-state index >= 15 is 0 Å². The van der Waals surface area contributed by atoms with Crippen LogP contribution in [0.15, 0.2) is 58.5 Å². The van der Waals surface area contributed by atoms with Gasteiger partial charge in [-0.15, -0.1) is 0 Å². The van der Waals surface area contributed by atoms with Crippen molar-refractivity contribution in [3.05, 3.63) is 59.7 Å². The molecule has 23 heavy (non-hydrogen) atoms. The van der Waals surface area contributed by atoms with Crippen LogP contribution in [0, 0.1) is 13.8 Å². The van der Waals surface area contributed by atoms with Gasteiger partial charge >= 0.3 is 0 Å². The van der Waals surface area contributed by atoms with Crippen molar-refractivity contribution in [1.82, 2.24) is 0 Å². The van der Waals surface area contributed by atoms with Crippen LogP contribution in [0.5, 0.6) is 0 Å². The molecule has 0 N–H and O–H groups in total. The van der Waals surface area contributed by atoms with Crippen molar-refractivity contribution in [2.45, 2.75) is 40.0 Å². The molecule has 0 radical (unpaired) electrons. The molecule has 2 nitrogen and oxygen atoms in total. The third kappa shape index (κ3) is 6.92. The van der Waals surface area contributed by atoms with E-state index in [0.717, 1.165) is 36.3 Å². The third-order valence-electron chi connectivity index (χ3n) is 3.38. The molecule has 0 amide bonds. The summed E-state index contributed by atoms with van der Waals surface area (Å²) in [6.45, 7) is 6.41. The summed E-state index contributed by atoms with van der Waals surface area (Å²) >= 11 is 0. The van der Waals surface area contributed by atoms with Crippen LogP contribution in [-0.4, -0.2) is 11.9 Å². The summed E-state index contributed by atoms with van der Waals surface area (Å²) in [6.07, 6.45) is 5.15. The van der Waals surface area contributed by atoms with Gasteiger partial charge in [-0.25, -0.2) is 0 Å². The Labute approximate surface area is 149 Å². The molecule has 0 aliphatic rings. The number of benzene rings is 2. The molecular weight excluding hydrogens is 327 g/mol. The second-order valence-electron chi connectivity index (χ2n) is 5.65. The molecule has 0 saturated heterocycles. The van der Waals surface area contributed by atoms with Crippen LogP contribution in [0.3, 0.4) is 0 Å². The molecule has 124 valence electrons. The Kier molecular flexibility index (Phi) is 8.50. The van der Waals surface area contributed by atoms with Crippen molar-refractivity contribution < 1.29 is 16.5 Å². The van der Waals surface area contributed by atoms with Gasteiger partial charge in [-0.05, 0) is 62.1 Å². The van der Waals surface area contributed by atoms with E-state index in [1.165, 1.54) is 11.1 Å². The molecule has 0 aliphatic carbocycles. The van der Waals surface area contributed by atoms with Crippen LogP contribution in [0.2, 0.25) is 0 Å². The Morgan fingerprint density at radius 2 is 1.61 bits per heavy atom. The van der Waals surface area contributed by atoms with E-state index in [4.69, 9.17) is 4.99 Å². The number of hydrogen-bond acceptors (Lipinski definition) is 2. The summed E-state index contributed by atoms with van der Waals surface area (Å²) in [4.78, 5) is 9.34. The maximum absolute atomic E-state index is 4.80. The molecule has 0 saturated carbocycles. The van der Waals surface area contributed by atoms with E-state index < -0.39 is 0 Å². The molecule has 0 bridgehead atoms. The van der Waals surface area contributed by atoms with Crippen molar-refractivity contribution in [2.75, 3.05) is 0 Å². The zero-order valence-electron chi connectivity index (χ0n) is 14.0. The molecule has 0 spiro atoms. The summed E-state index contributed by atoms with van der Waals surface area (Å²) in [5.74, 6) is 0. The number of aryl methyl sites for hydroxylation is 2. The van der Waals surface area contributed by atoms with Crippen LogP contribution in [0.4, 0.5) is 11.4 Å². The maximum atomic E-state index is 4.80. The first-order valence-corrected chi connectivity index (χ1v) is 7.92. The van der Waals surface area contributed by atoms with Gasteiger partial charge in [0.05, 0.1) is 17.1 Å². The monoisotopic (exact) mass is 350 g/mol. The first kappa shape index (κ1) is 19.3. The van der Waals surface area contributed by atoms with Gasteiger partial charge in [0.1, 0.15) is 0 Å². The van der Waals surface area contributed by atoms with Gasteiger partial charge in [0.15, 0.2) is 0 Å². The molecule has 2 aromatic carbocycles. The molecule has 0 aliphatic heterocycles. The van der Waals surface area contributed by atoms with E-state index in [-0.39, 0.29) is 16.5 Å². The Hall–Kier alpha value is -1.73. The molecular formula is C20H24N2Ni. The van der Waals surface area contributed by atoms with E-state index in [9.17, 15) is 0 Å². The minimum absolute atomic E-state index is 0. The van der Waals surface area contributed by atoms with Crippen LogP contribution < -0.4 is 0 Å².